The first-order valence-electron chi connectivity index (χ1n) is 12.8. The maximum Gasteiger partial charge on any atom is 0.413 e. The van der Waals surface area contributed by atoms with Crippen LogP contribution in [0.2, 0.25) is 0 Å². The molecule has 4 aromatic rings. The van der Waals surface area contributed by atoms with Crippen molar-refractivity contribution in [2.75, 3.05) is 13.7 Å². The molecular weight excluding hydrogens is 512 g/mol. The summed E-state index contributed by atoms with van der Waals surface area (Å²) in [5, 5.41) is 15.5. The van der Waals surface area contributed by atoms with E-state index >= 15 is 0 Å². The number of amidine groups is 1. The second-order valence-electron chi connectivity index (χ2n) is 9.90. The topological polar surface area (TPSA) is 124 Å². The highest BCUT2D eigenvalue weighted by molar-refractivity contribution is 6.10. The van der Waals surface area contributed by atoms with E-state index in [9.17, 15) is 14.8 Å². The van der Waals surface area contributed by atoms with Crippen molar-refractivity contribution in [3.05, 3.63) is 83.4 Å². The first kappa shape index (κ1) is 28.2. The number of para-hydroxylation sites is 1. The van der Waals surface area contributed by atoms with Crippen LogP contribution in [0.4, 0.5) is 4.79 Å². The van der Waals surface area contributed by atoms with Crippen LogP contribution in [0.1, 0.15) is 49.2 Å². The zero-order chi connectivity index (χ0) is 28.9. The summed E-state index contributed by atoms with van der Waals surface area (Å²) in [6.45, 7) is 7.93. The molecule has 1 aromatic heterocycles. The largest absolute Gasteiger partial charge is 0.465 e. The maximum absolute atomic E-state index is 12.5. The molecule has 0 aliphatic carbocycles. The molecule has 4 rings (SSSR count). The normalized spacial score (nSPS) is 11.8. The highest BCUT2D eigenvalue weighted by Crippen LogP contribution is 2.29. The second kappa shape index (κ2) is 11.9. The average molecular weight is 545 g/mol. The molecule has 1 heterocycles. The van der Waals surface area contributed by atoms with Crippen LogP contribution in [-0.4, -0.2) is 52.0 Å². The third kappa shape index (κ3) is 6.23. The zero-order valence-corrected chi connectivity index (χ0v) is 23.1. The van der Waals surface area contributed by atoms with Gasteiger partial charge in [-0.25, -0.2) is 9.59 Å². The van der Waals surface area contributed by atoms with E-state index in [4.69, 9.17) is 14.2 Å². The molecule has 0 saturated carbocycles. The first-order valence-corrected chi connectivity index (χ1v) is 12.8. The number of oxime groups is 1. The molecule has 0 unspecified atom stereocenters. The quantitative estimate of drug-likeness (QED) is 0.102. The monoisotopic (exact) mass is 544 g/mol. The number of ether oxygens (including phenoxy) is 3. The number of alkyl carbamates (subject to hydrolysis) is 1. The van der Waals surface area contributed by atoms with Crippen molar-refractivity contribution in [1.29, 1.82) is 0 Å². The molecule has 0 fully saturated rings. The van der Waals surface area contributed by atoms with Crippen LogP contribution in [0.3, 0.4) is 0 Å². The lowest BCUT2D eigenvalue weighted by Gasteiger charge is -2.20. The minimum Gasteiger partial charge on any atom is -0.465 e. The Labute approximate surface area is 232 Å². The number of fused-ring (bicyclic) bond motifs is 1. The average Bonchev–Trinajstić information content (AvgIpc) is 3.28. The summed E-state index contributed by atoms with van der Waals surface area (Å²) in [6, 6.07) is 20.7. The highest BCUT2D eigenvalue weighted by Gasteiger charge is 2.21. The smallest absolute Gasteiger partial charge is 0.413 e. The van der Waals surface area contributed by atoms with Gasteiger partial charge in [-0.3, -0.25) is 9.88 Å². The summed E-state index contributed by atoms with van der Waals surface area (Å²) in [4.78, 5) is 29.4. The van der Waals surface area contributed by atoms with Crippen LogP contribution in [-0.2, 0) is 16.0 Å². The summed E-state index contributed by atoms with van der Waals surface area (Å²) < 4.78 is 17.9. The Hall–Kier alpha value is -4.86. The Morgan fingerprint density at radius 3 is 2.35 bits per heavy atom. The van der Waals surface area contributed by atoms with E-state index in [1.165, 1.54) is 7.11 Å². The predicted molar refractivity (Wildman–Crippen MR) is 151 cm³/mol. The summed E-state index contributed by atoms with van der Waals surface area (Å²) in [7, 11) is 1.35. The number of hydrogen-bond donors (Lipinski definition) is 2. The minimum absolute atomic E-state index is 0.0319. The van der Waals surface area contributed by atoms with Crippen molar-refractivity contribution in [2.45, 2.75) is 39.8 Å². The van der Waals surface area contributed by atoms with Gasteiger partial charge in [-0.2, -0.15) is 4.98 Å². The van der Waals surface area contributed by atoms with Crippen LogP contribution < -0.4 is 10.1 Å². The molecule has 0 radical (unpaired) electrons. The van der Waals surface area contributed by atoms with Crippen molar-refractivity contribution in [3.63, 3.8) is 0 Å². The molecule has 2 N–H and O–H groups in total. The number of esters is 1. The van der Waals surface area contributed by atoms with E-state index in [0.29, 0.717) is 41.3 Å². The number of benzene rings is 3. The Balaban J connectivity index is 1.66. The Morgan fingerprint density at radius 1 is 1.00 bits per heavy atom. The fraction of sp³-hybridized carbons (Fsp3) is 0.267. The summed E-state index contributed by atoms with van der Waals surface area (Å²) in [6.07, 6.45) is -0.727. The van der Waals surface area contributed by atoms with Crippen LogP contribution in [0, 0.1) is 0 Å². The fourth-order valence-electron chi connectivity index (χ4n) is 4.29. The summed E-state index contributed by atoms with van der Waals surface area (Å²) in [5.41, 5.74) is 3.98. The number of nitrogens with zero attached hydrogens (tertiary/aromatic N) is 3. The second-order valence-corrected chi connectivity index (χ2v) is 9.90. The van der Waals surface area contributed by atoms with Gasteiger partial charge in [0.2, 0.25) is 0 Å². The highest BCUT2D eigenvalue weighted by atomic mass is 16.6. The molecular formula is C30H32N4O6. The number of imidazole rings is 1. The molecule has 3 aromatic carbocycles. The lowest BCUT2D eigenvalue weighted by molar-refractivity contribution is 0.0559. The van der Waals surface area contributed by atoms with Crippen LogP contribution >= 0.6 is 0 Å². The van der Waals surface area contributed by atoms with Crippen molar-refractivity contribution in [1.82, 2.24) is 14.9 Å². The van der Waals surface area contributed by atoms with E-state index in [0.717, 1.165) is 16.7 Å². The number of methoxy groups -OCH3 is 1. The van der Waals surface area contributed by atoms with E-state index < -0.39 is 17.7 Å². The van der Waals surface area contributed by atoms with Crippen molar-refractivity contribution < 1.29 is 29.0 Å². The van der Waals surface area contributed by atoms with E-state index in [1.807, 2.05) is 54.0 Å². The van der Waals surface area contributed by atoms with Crippen LogP contribution in [0.15, 0.2) is 71.9 Å². The molecule has 10 heteroatoms. The van der Waals surface area contributed by atoms with Gasteiger partial charge in [0.05, 0.1) is 36.9 Å². The number of nitrogens with one attached hydrogen (secondary N) is 1. The van der Waals surface area contributed by atoms with Crippen LogP contribution in [0.25, 0.3) is 22.2 Å². The zero-order valence-electron chi connectivity index (χ0n) is 23.1. The molecule has 208 valence electrons. The van der Waals surface area contributed by atoms with Gasteiger partial charge in [-0.1, -0.05) is 59.8 Å². The molecule has 1 amide bonds. The van der Waals surface area contributed by atoms with Gasteiger partial charge < -0.3 is 19.4 Å². The van der Waals surface area contributed by atoms with Gasteiger partial charge in [-0.05, 0) is 56.5 Å². The number of carbonyl (C=O) groups excluding carboxylic acids is 2. The summed E-state index contributed by atoms with van der Waals surface area (Å²) >= 11 is 0. The van der Waals surface area contributed by atoms with Crippen LogP contribution in [0.5, 0.6) is 6.01 Å². The Morgan fingerprint density at radius 2 is 1.70 bits per heavy atom. The number of amides is 1. The van der Waals surface area contributed by atoms with Gasteiger partial charge in [0, 0.05) is 5.56 Å². The number of hydrogen-bond acceptors (Lipinski definition) is 8. The minimum atomic E-state index is -0.727. The van der Waals surface area contributed by atoms with E-state index in [1.54, 1.807) is 45.0 Å². The van der Waals surface area contributed by atoms with Crippen molar-refractivity contribution in [3.8, 4) is 17.1 Å². The molecule has 0 aliphatic heterocycles. The van der Waals surface area contributed by atoms with Gasteiger partial charge in [0.15, 0.2) is 5.84 Å². The molecule has 0 bridgehead atoms. The lowest BCUT2D eigenvalue weighted by atomic mass is 9.98. The maximum atomic E-state index is 12.5. The number of rotatable bonds is 7. The first-order chi connectivity index (χ1) is 19.1. The molecule has 40 heavy (non-hydrogen) atoms. The van der Waals surface area contributed by atoms with Crippen molar-refractivity contribution >= 4 is 28.9 Å². The van der Waals surface area contributed by atoms with E-state index in [-0.39, 0.29) is 5.84 Å². The fourth-order valence-corrected chi connectivity index (χ4v) is 4.29. The number of carbonyl (C=O) groups is 2. The Kier molecular flexibility index (Phi) is 8.37. The Bertz CT molecular complexity index is 1550. The standard InChI is InChI=1S/C30H32N4O6/c1-6-39-28-31-24-13-9-12-23(27(35)38-5)25(24)34(28)18-19-14-16-20(17-15-19)21-10-7-8-11-22(21)26(33-37)32-29(36)40-30(2,3)4/h7-17,37H,6,18H2,1-5H3,(H,32,33,36). The number of aromatic nitrogens is 2. The molecule has 0 atom stereocenters. The predicted octanol–water partition coefficient (Wildman–Crippen LogP) is 5.60. The third-order valence-electron chi connectivity index (χ3n) is 5.92. The van der Waals surface area contributed by atoms with Gasteiger partial charge in [-0.15, -0.1) is 0 Å². The van der Waals surface area contributed by atoms with Gasteiger partial charge in [0.25, 0.3) is 6.01 Å². The SMILES string of the molecule is CCOc1nc2cccc(C(=O)OC)c2n1Cc1ccc(-c2ccccc2C(=NO)NC(=O)OC(C)(C)C)cc1. The summed E-state index contributed by atoms with van der Waals surface area (Å²) in [5.74, 6) is -0.487. The third-order valence-corrected chi connectivity index (χ3v) is 5.92. The lowest BCUT2D eigenvalue weighted by Crippen LogP contribution is -2.37. The molecule has 0 spiro atoms. The van der Waals surface area contributed by atoms with Gasteiger partial charge >= 0.3 is 12.1 Å². The molecule has 0 aliphatic rings. The molecule has 10 nitrogen and oxygen atoms in total. The van der Waals surface area contributed by atoms with Gasteiger partial charge in [0.1, 0.15) is 5.60 Å². The van der Waals surface area contributed by atoms with E-state index in [2.05, 4.69) is 15.5 Å². The van der Waals surface area contributed by atoms with Crippen molar-refractivity contribution in [2.24, 2.45) is 5.16 Å². The molecule has 0 saturated heterocycles.